The van der Waals surface area contributed by atoms with Gasteiger partial charge in [0.2, 0.25) is 5.91 Å². The minimum absolute atomic E-state index is 0.0683. The van der Waals surface area contributed by atoms with Crippen LogP contribution in [0.3, 0.4) is 0 Å². The number of amides is 1. The predicted octanol–water partition coefficient (Wildman–Crippen LogP) is 2.20. The van der Waals surface area contributed by atoms with E-state index in [1.165, 1.54) is 17.8 Å². The van der Waals surface area contributed by atoms with Crippen LogP contribution in [-0.2, 0) is 4.79 Å². The summed E-state index contributed by atoms with van der Waals surface area (Å²) >= 11 is 1.20. The van der Waals surface area contributed by atoms with Gasteiger partial charge >= 0.3 is 0 Å². The number of nitrogens with one attached hydrogen (secondary N) is 1. The summed E-state index contributed by atoms with van der Waals surface area (Å²) in [4.78, 5) is 12.3. The Hall–Kier alpha value is -1.07. The van der Waals surface area contributed by atoms with Crippen LogP contribution in [0.1, 0.15) is 19.3 Å². The summed E-state index contributed by atoms with van der Waals surface area (Å²) < 4.78 is 13.4. The Bertz CT molecular complexity index is 441. The van der Waals surface area contributed by atoms with E-state index in [0.29, 0.717) is 4.90 Å². The van der Waals surface area contributed by atoms with Crippen LogP contribution in [0.25, 0.3) is 0 Å². The van der Waals surface area contributed by atoms with Crippen molar-refractivity contribution >= 4 is 17.7 Å². The van der Waals surface area contributed by atoms with E-state index < -0.39 is 0 Å². The largest absolute Gasteiger partial charge is 0.396 e. The van der Waals surface area contributed by atoms with Crippen LogP contribution in [0.2, 0.25) is 0 Å². The smallest absolute Gasteiger partial charge is 0.230 e. The van der Waals surface area contributed by atoms with Crippen LogP contribution >= 0.6 is 11.8 Å². The highest BCUT2D eigenvalue weighted by molar-refractivity contribution is 8.00. The number of aliphatic hydroxyl groups excluding tert-OH is 1. The molecule has 2 rings (SSSR count). The fourth-order valence-corrected chi connectivity index (χ4v) is 3.15. The molecule has 0 aromatic heterocycles. The molecular weight excluding hydrogens is 265 g/mol. The number of carbonyl (C=O) groups excluding carboxylic acids is 1. The number of benzene rings is 1. The Kier molecular flexibility index (Phi) is 5.22. The van der Waals surface area contributed by atoms with Gasteiger partial charge in [-0.2, -0.15) is 0 Å². The van der Waals surface area contributed by atoms with E-state index in [9.17, 15) is 14.3 Å². The number of carbonyl (C=O) groups is 1. The molecule has 0 radical (unpaired) electrons. The molecule has 0 bridgehead atoms. The van der Waals surface area contributed by atoms with Crippen molar-refractivity contribution in [3.63, 3.8) is 0 Å². The molecule has 3 nitrogen and oxygen atoms in total. The van der Waals surface area contributed by atoms with Gasteiger partial charge in [0.1, 0.15) is 5.82 Å². The molecule has 2 N–H and O–H groups in total. The van der Waals surface area contributed by atoms with E-state index >= 15 is 0 Å². The van der Waals surface area contributed by atoms with E-state index in [1.54, 1.807) is 18.2 Å². The highest BCUT2D eigenvalue weighted by atomic mass is 32.2. The van der Waals surface area contributed by atoms with E-state index in [0.717, 1.165) is 19.3 Å². The maximum Gasteiger partial charge on any atom is 0.230 e. The van der Waals surface area contributed by atoms with Gasteiger partial charge in [-0.3, -0.25) is 4.79 Å². The van der Waals surface area contributed by atoms with Crippen molar-refractivity contribution in [3.05, 3.63) is 30.1 Å². The second-order valence-electron chi connectivity index (χ2n) is 4.77. The number of thioether (sulfide) groups is 1. The summed E-state index contributed by atoms with van der Waals surface area (Å²) in [5.41, 5.74) is 0. The molecule has 0 saturated heterocycles. The summed E-state index contributed by atoms with van der Waals surface area (Å²) in [5, 5.41) is 12.1. The Balaban J connectivity index is 1.80. The maximum atomic E-state index is 13.4. The highest BCUT2D eigenvalue weighted by Gasteiger charge is 2.27. The molecule has 1 aromatic rings. The molecule has 1 fully saturated rings. The minimum Gasteiger partial charge on any atom is -0.396 e. The predicted molar refractivity (Wildman–Crippen MR) is 73.5 cm³/mol. The molecule has 1 aliphatic carbocycles. The van der Waals surface area contributed by atoms with Gasteiger partial charge < -0.3 is 10.4 Å². The van der Waals surface area contributed by atoms with Crippen molar-refractivity contribution in [2.45, 2.75) is 30.2 Å². The Labute approximate surface area is 116 Å². The monoisotopic (exact) mass is 283 g/mol. The lowest BCUT2D eigenvalue weighted by Gasteiger charge is -2.18. The van der Waals surface area contributed by atoms with Crippen LogP contribution in [0.4, 0.5) is 4.39 Å². The van der Waals surface area contributed by atoms with Gasteiger partial charge in [0, 0.05) is 23.5 Å². The molecule has 1 aromatic carbocycles. The lowest BCUT2D eigenvalue weighted by Crippen LogP contribution is -2.39. The summed E-state index contributed by atoms with van der Waals surface area (Å²) in [6.45, 7) is 0.116. The molecule has 1 saturated carbocycles. The molecular formula is C14H18FNO2S. The normalized spacial score (nSPS) is 22.4. The van der Waals surface area contributed by atoms with Crippen molar-refractivity contribution in [2.75, 3.05) is 12.4 Å². The fraction of sp³-hybridized carbons (Fsp3) is 0.500. The van der Waals surface area contributed by atoms with Crippen molar-refractivity contribution in [1.82, 2.24) is 5.32 Å². The van der Waals surface area contributed by atoms with Crippen molar-refractivity contribution in [3.8, 4) is 0 Å². The summed E-state index contributed by atoms with van der Waals surface area (Å²) in [7, 11) is 0. The second-order valence-corrected chi connectivity index (χ2v) is 5.78. The molecule has 0 aliphatic heterocycles. The quantitative estimate of drug-likeness (QED) is 0.815. The zero-order chi connectivity index (χ0) is 13.7. The zero-order valence-electron chi connectivity index (χ0n) is 10.6. The molecule has 0 heterocycles. The first-order valence-electron chi connectivity index (χ1n) is 6.48. The Morgan fingerprint density at radius 1 is 1.42 bits per heavy atom. The van der Waals surface area contributed by atoms with Gasteiger partial charge in [-0.15, -0.1) is 11.8 Å². The van der Waals surface area contributed by atoms with Crippen LogP contribution in [0.5, 0.6) is 0 Å². The van der Waals surface area contributed by atoms with Crippen LogP contribution < -0.4 is 5.32 Å². The molecule has 2 unspecified atom stereocenters. The zero-order valence-corrected chi connectivity index (χ0v) is 11.5. The third-order valence-corrected chi connectivity index (χ3v) is 4.48. The van der Waals surface area contributed by atoms with Gasteiger partial charge in [0.05, 0.1) is 5.75 Å². The number of aliphatic hydroxyl groups is 1. The standard InChI is InChI=1S/C14H18FNO2S/c15-11-5-1-2-7-13(11)19-9-14(18)16-12-6-3-4-10(12)8-17/h1-2,5,7,10,12,17H,3-4,6,8-9H2,(H,16,18). The van der Waals surface area contributed by atoms with E-state index in [4.69, 9.17) is 0 Å². The van der Waals surface area contributed by atoms with Gasteiger partial charge in [-0.1, -0.05) is 18.6 Å². The SMILES string of the molecule is O=C(CSc1ccccc1F)NC1CCCC1CO. The van der Waals surface area contributed by atoms with Crippen molar-refractivity contribution in [2.24, 2.45) is 5.92 Å². The molecule has 5 heteroatoms. The van der Waals surface area contributed by atoms with Crippen molar-refractivity contribution in [1.29, 1.82) is 0 Å². The number of rotatable bonds is 5. The Morgan fingerprint density at radius 3 is 2.95 bits per heavy atom. The van der Waals surface area contributed by atoms with E-state index in [-0.39, 0.29) is 36.0 Å². The van der Waals surface area contributed by atoms with Crippen LogP contribution in [0, 0.1) is 11.7 Å². The maximum absolute atomic E-state index is 13.4. The first-order valence-corrected chi connectivity index (χ1v) is 7.47. The van der Waals surface area contributed by atoms with Gasteiger partial charge in [0.15, 0.2) is 0 Å². The number of halogens is 1. The third kappa shape index (κ3) is 3.94. The second kappa shape index (κ2) is 6.91. The lowest BCUT2D eigenvalue weighted by molar-refractivity contribution is -0.119. The molecule has 2 atom stereocenters. The average Bonchev–Trinajstić information content (AvgIpc) is 2.85. The highest BCUT2D eigenvalue weighted by Crippen LogP contribution is 2.25. The Morgan fingerprint density at radius 2 is 2.21 bits per heavy atom. The average molecular weight is 283 g/mol. The van der Waals surface area contributed by atoms with Gasteiger partial charge in [-0.25, -0.2) is 4.39 Å². The lowest BCUT2D eigenvalue weighted by atomic mass is 10.1. The first kappa shape index (κ1) is 14.3. The van der Waals surface area contributed by atoms with Gasteiger partial charge in [0.25, 0.3) is 0 Å². The number of hydrogen-bond acceptors (Lipinski definition) is 3. The number of hydrogen-bond donors (Lipinski definition) is 2. The van der Waals surface area contributed by atoms with Crippen molar-refractivity contribution < 1.29 is 14.3 Å². The van der Waals surface area contributed by atoms with Gasteiger partial charge in [-0.05, 0) is 25.0 Å². The topological polar surface area (TPSA) is 49.3 Å². The minimum atomic E-state index is -0.297. The molecule has 1 amide bonds. The summed E-state index contributed by atoms with van der Waals surface area (Å²) in [5.74, 6) is -0.0225. The summed E-state index contributed by atoms with van der Waals surface area (Å²) in [6.07, 6.45) is 2.92. The molecule has 104 valence electrons. The van der Waals surface area contributed by atoms with E-state index in [2.05, 4.69) is 5.32 Å². The molecule has 0 spiro atoms. The fourth-order valence-electron chi connectivity index (χ4n) is 2.40. The van der Waals surface area contributed by atoms with Crippen LogP contribution in [-0.4, -0.2) is 29.4 Å². The van der Waals surface area contributed by atoms with E-state index in [1.807, 2.05) is 0 Å². The molecule has 1 aliphatic rings. The first-order chi connectivity index (χ1) is 9.20. The summed E-state index contributed by atoms with van der Waals surface area (Å²) in [6, 6.07) is 6.50. The third-order valence-electron chi connectivity index (χ3n) is 3.44. The molecule has 19 heavy (non-hydrogen) atoms. The van der Waals surface area contributed by atoms with Crippen LogP contribution in [0.15, 0.2) is 29.2 Å².